The molecular weight excluding hydrogens is 246 g/mol. The molecule has 1 N–H and O–H groups in total. The van der Waals surface area contributed by atoms with Gasteiger partial charge in [0.05, 0.1) is 5.01 Å². The van der Waals surface area contributed by atoms with Crippen LogP contribution in [0.5, 0.6) is 0 Å². The SMILES string of the molecule is CN(CCc1nccs1)C(=O)Nc1ccccc1. The molecule has 1 heterocycles. The molecule has 1 aromatic heterocycles. The van der Waals surface area contributed by atoms with E-state index in [4.69, 9.17) is 0 Å². The summed E-state index contributed by atoms with van der Waals surface area (Å²) in [6.45, 7) is 0.659. The summed E-state index contributed by atoms with van der Waals surface area (Å²) in [4.78, 5) is 17.7. The number of para-hydroxylation sites is 1. The predicted octanol–water partition coefficient (Wildman–Crippen LogP) is 2.85. The van der Waals surface area contributed by atoms with Crippen LogP contribution in [0, 0.1) is 0 Å². The van der Waals surface area contributed by atoms with Crippen molar-refractivity contribution in [1.29, 1.82) is 0 Å². The van der Waals surface area contributed by atoms with Gasteiger partial charge in [-0.3, -0.25) is 0 Å². The third-order valence-corrected chi connectivity index (χ3v) is 3.36. The van der Waals surface area contributed by atoms with Gasteiger partial charge in [-0.2, -0.15) is 0 Å². The lowest BCUT2D eigenvalue weighted by Gasteiger charge is -2.17. The standard InChI is InChI=1S/C13H15N3OS/c1-16(9-7-12-14-8-10-18-12)13(17)15-11-5-3-2-4-6-11/h2-6,8,10H,7,9H2,1H3,(H,15,17). The Bertz CT molecular complexity index is 484. The number of hydrogen-bond acceptors (Lipinski definition) is 3. The normalized spacial score (nSPS) is 10.1. The summed E-state index contributed by atoms with van der Waals surface area (Å²) in [5.41, 5.74) is 0.809. The first-order chi connectivity index (χ1) is 8.75. The van der Waals surface area contributed by atoms with Crippen LogP contribution in [-0.4, -0.2) is 29.5 Å². The number of rotatable bonds is 4. The lowest BCUT2D eigenvalue weighted by Crippen LogP contribution is -2.32. The number of likely N-dealkylation sites (N-methyl/N-ethyl adjacent to an activating group) is 1. The number of aromatic nitrogens is 1. The summed E-state index contributed by atoms with van der Waals surface area (Å²) in [5.74, 6) is 0. The Balaban J connectivity index is 1.82. The van der Waals surface area contributed by atoms with E-state index in [9.17, 15) is 4.79 Å². The molecule has 0 atom stereocenters. The Morgan fingerprint density at radius 1 is 1.39 bits per heavy atom. The van der Waals surface area contributed by atoms with Gasteiger partial charge in [0.2, 0.25) is 0 Å². The molecule has 0 aliphatic heterocycles. The lowest BCUT2D eigenvalue weighted by molar-refractivity contribution is 0.223. The maximum Gasteiger partial charge on any atom is 0.321 e. The van der Waals surface area contributed by atoms with E-state index in [1.807, 2.05) is 35.7 Å². The second-order valence-electron chi connectivity index (χ2n) is 3.89. The monoisotopic (exact) mass is 261 g/mol. The van der Waals surface area contributed by atoms with Crippen molar-refractivity contribution in [2.45, 2.75) is 6.42 Å². The summed E-state index contributed by atoms with van der Waals surface area (Å²) in [7, 11) is 1.78. The average Bonchev–Trinajstić information content (AvgIpc) is 2.90. The first kappa shape index (κ1) is 12.6. The van der Waals surface area contributed by atoms with Gasteiger partial charge in [-0.1, -0.05) is 18.2 Å². The summed E-state index contributed by atoms with van der Waals surface area (Å²) in [6, 6.07) is 9.34. The first-order valence-electron chi connectivity index (χ1n) is 5.71. The Kier molecular flexibility index (Phi) is 4.30. The van der Waals surface area contributed by atoms with E-state index in [1.54, 1.807) is 29.5 Å². The molecule has 2 amide bonds. The summed E-state index contributed by atoms with van der Waals surface area (Å²) in [6.07, 6.45) is 2.57. The zero-order valence-electron chi connectivity index (χ0n) is 10.2. The third-order valence-electron chi connectivity index (χ3n) is 2.52. The predicted molar refractivity (Wildman–Crippen MR) is 73.9 cm³/mol. The van der Waals surface area contributed by atoms with Gasteiger partial charge in [0.1, 0.15) is 0 Å². The Morgan fingerprint density at radius 2 is 2.17 bits per heavy atom. The number of amides is 2. The molecule has 2 aromatic rings. The maximum absolute atomic E-state index is 11.9. The minimum absolute atomic E-state index is 0.0993. The van der Waals surface area contributed by atoms with Gasteiger partial charge in [0.15, 0.2) is 0 Å². The first-order valence-corrected chi connectivity index (χ1v) is 6.59. The second-order valence-corrected chi connectivity index (χ2v) is 4.87. The number of anilines is 1. The average molecular weight is 261 g/mol. The minimum atomic E-state index is -0.0993. The highest BCUT2D eigenvalue weighted by molar-refractivity contribution is 7.09. The molecule has 0 spiro atoms. The zero-order valence-corrected chi connectivity index (χ0v) is 11.0. The quantitative estimate of drug-likeness (QED) is 0.919. The van der Waals surface area contributed by atoms with Crippen molar-refractivity contribution in [3.05, 3.63) is 46.9 Å². The zero-order chi connectivity index (χ0) is 12.8. The highest BCUT2D eigenvalue weighted by Crippen LogP contribution is 2.08. The van der Waals surface area contributed by atoms with Gasteiger partial charge in [0, 0.05) is 37.3 Å². The fraction of sp³-hybridized carbons (Fsp3) is 0.231. The molecule has 0 unspecified atom stereocenters. The number of nitrogens with one attached hydrogen (secondary N) is 1. The van der Waals surface area contributed by atoms with Gasteiger partial charge in [-0.15, -0.1) is 11.3 Å². The molecule has 0 aliphatic rings. The number of urea groups is 1. The Hall–Kier alpha value is -1.88. The molecule has 1 aromatic carbocycles. The number of carbonyl (C=O) groups is 1. The van der Waals surface area contributed by atoms with Gasteiger partial charge in [0.25, 0.3) is 0 Å². The van der Waals surface area contributed by atoms with Crippen LogP contribution in [0.1, 0.15) is 5.01 Å². The Morgan fingerprint density at radius 3 is 2.83 bits per heavy atom. The largest absolute Gasteiger partial charge is 0.327 e. The highest BCUT2D eigenvalue weighted by atomic mass is 32.1. The van der Waals surface area contributed by atoms with E-state index in [1.165, 1.54) is 0 Å². The topological polar surface area (TPSA) is 45.2 Å². The van der Waals surface area contributed by atoms with E-state index in [2.05, 4.69) is 10.3 Å². The molecule has 2 rings (SSSR count). The molecule has 5 heteroatoms. The maximum atomic E-state index is 11.9. The van der Waals surface area contributed by atoms with Crippen molar-refractivity contribution in [2.75, 3.05) is 18.9 Å². The van der Waals surface area contributed by atoms with Crippen LogP contribution in [0.2, 0.25) is 0 Å². The van der Waals surface area contributed by atoms with E-state index in [0.717, 1.165) is 17.1 Å². The molecule has 0 saturated carbocycles. The third kappa shape index (κ3) is 3.56. The van der Waals surface area contributed by atoms with Gasteiger partial charge in [-0.05, 0) is 12.1 Å². The second kappa shape index (κ2) is 6.16. The van der Waals surface area contributed by atoms with E-state index in [0.29, 0.717) is 6.54 Å². The summed E-state index contributed by atoms with van der Waals surface area (Å²) in [5, 5.41) is 5.84. The molecule has 0 radical (unpaired) electrons. The van der Waals surface area contributed by atoms with Crippen molar-refractivity contribution in [1.82, 2.24) is 9.88 Å². The molecule has 94 valence electrons. The number of carbonyl (C=O) groups excluding carboxylic acids is 1. The molecule has 0 bridgehead atoms. The summed E-state index contributed by atoms with van der Waals surface area (Å²) >= 11 is 1.61. The fourth-order valence-corrected chi connectivity index (χ4v) is 2.09. The molecular formula is C13H15N3OS. The van der Waals surface area contributed by atoms with Gasteiger partial charge < -0.3 is 10.2 Å². The molecule has 0 aliphatic carbocycles. The number of nitrogens with zero attached hydrogens (tertiary/aromatic N) is 2. The number of benzene rings is 1. The molecule has 4 nitrogen and oxygen atoms in total. The van der Waals surface area contributed by atoms with Gasteiger partial charge in [-0.25, -0.2) is 9.78 Å². The summed E-state index contributed by atoms with van der Waals surface area (Å²) < 4.78 is 0. The van der Waals surface area contributed by atoms with Crippen LogP contribution in [0.25, 0.3) is 0 Å². The van der Waals surface area contributed by atoms with Crippen molar-refractivity contribution in [3.8, 4) is 0 Å². The van der Waals surface area contributed by atoms with Crippen LogP contribution in [0.15, 0.2) is 41.9 Å². The number of thiazole rings is 1. The minimum Gasteiger partial charge on any atom is -0.327 e. The van der Waals surface area contributed by atoms with Crippen molar-refractivity contribution >= 4 is 23.1 Å². The van der Waals surface area contributed by atoms with E-state index in [-0.39, 0.29) is 6.03 Å². The molecule has 18 heavy (non-hydrogen) atoms. The molecule has 0 saturated heterocycles. The lowest BCUT2D eigenvalue weighted by atomic mass is 10.3. The van der Waals surface area contributed by atoms with Crippen LogP contribution in [-0.2, 0) is 6.42 Å². The highest BCUT2D eigenvalue weighted by Gasteiger charge is 2.08. The van der Waals surface area contributed by atoms with E-state index < -0.39 is 0 Å². The fourth-order valence-electron chi connectivity index (χ4n) is 1.48. The van der Waals surface area contributed by atoms with Crippen LogP contribution < -0.4 is 5.32 Å². The van der Waals surface area contributed by atoms with Crippen molar-refractivity contribution in [3.63, 3.8) is 0 Å². The smallest absolute Gasteiger partial charge is 0.321 e. The van der Waals surface area contributed by atoms with Crippen molar-refractivity contribution < 1.29 is 4.79 Å². The van der Waals surface area contributed by atoms with Crippen LogP contribution >= 0.6 is 11.3 Å². The van der Waals surface area contributed by atoms with Gasteiger partial charge >= 0.3 is 6.03 Å². The Labute approximate surface area is 110 Å². The molecule has 0 fully saturated rings. The van der Waals surface area contributed by atoms with Crippen LogP contribution in [0.4, 0.5) is 10.5 Å². The van der Waals surface area contributed by atoms with Crippen LogP contribution in [0.3, 0.4) is 0 Å². The number of hydrogen-bond donors (Lipinski definition) is 1. The van der Waals surface area contributed by atoms with Crippen molar-refractivity contribution in [2.24, 2.45) is 0 Å². The van der Waals surface area contributed by atoms with E-state index >= 15 is 0 Å².